The van der Waals surface area contributed by atoms with Crippen LogP contribution in [0.5, 0.6) is 0 Å². The highest BCUT2D eigenvalue weighted by Gasteiger charge is 2.50. The molecule has 0 amide bonds. The Morgan fingerprint density at radius 3 is 1.17 bits per heavy atom. The third-order valence-electron chi connectivity index (χ3n) is 14.6. The van der Waals surface area contributed by atoms with Gasteiger partial charge in [0, 0.05) is 19.3 Å². The first-order valence-corrected chi connectivity index (χ1v) is 33.2. The van der Waals surface area contributed by atoms with Crippen LogP contribution in [0.15, 0.2) is 97.2 Å². The number of esters is 3. The van der Waals surface area contributed by atoms with Crippen LogP contribution in [0.1, 0.15) is 278 Å². The van der Waals surface area contributed by atoms with Gasteiger partial charge in [0.15, 0.2) is 24.6 Å². The number of hydrogen-bond acceptors (Lipinski definition) is 11. The largest absolute Gasteiger partial charge is 0.479 e. The molecule has 1 fully saturated rings. The van der Waals surface area contributed by atoms with Crippen molar-refractivity contribution in [1.29, 1.82) is 0 Å². The summed E-state index contributed by atoms with van der Waals surface area (Å²) in [7, 11) is 0. The highest BCUT2D eigenvalue weighted by molar-refractivity contribution is 5.74. The van der Waals surface area contributed by atoms with Gasteiger partial charge < -0.3 is 39.0 Å². The van der Waals surface area contributed by atoms with Gasteiger partial charge in [-0.1, -0.05) is 240 Å². The number of unbranched alkanes of at least 4 members (excludes halogenated alkanes) is 26. The number of aliphatic hydroxyl groups is 2. The molecule has 6 unspecified atom stereocenters. The summed E-state index contributed by atoms with van der Waals surface area (Å²) >= 11 is 0. The van der Waals surface area contributed by atoms with Crippen molar-refractivity contribution in [2.75, 3.05) is 13.2 Å². The lowest BCUT2D eigenvalue weighted by molar-refractivity contribution is -0.301. The van der Waals surface area contributed by atoms with Gasteiger partial charge in [-0.25, -0.2) is 4.79 Å². The number of hydrogen-bond donors (Lipinski definition) is 3. The fourth-order valence-corrected chi connectivity index (χ4v) is 9.60. The molecule has 12 heteroatoms. The van der Waals surface area contributed by atoms with E-state index in [1.807, 2.05) is 0 Å². The van der Waals surface area contributed by atoms with Gasteiger partial charge in [0.25, 0.3) is 0 Å². The molecule has 0 aromatic heterocycles. The van der Waals surface area contributed by atoms with Gasteiger partial charge in [-0.15, -0.1) is 0 Å². The normalized spacial score (nSPS) is 18.2. The number of aliphatic carboxylic acids is 1. The summed E-state index contributed by atoms with van der Waals surface area (Å²) in [6, 6.07) is 0. The van der Waals surface area contributed by atoms with Crippen molar-refractivity contribution in [2.24, 2.45) is 0 Å². The molecule has 1 rings (SSSR count). The Morgan fingerprint density at radius 1 is 0.410 bits per heavy atom. The highest BCUT2D eigenvalue weighted by atomic mass is 16.7. The molecule has 3 N–H and O–H groups in total. The Kier molecular flexibility index (Phi) is 53.6. The number of rotatable bonds is 56. The van der Waals surface area contributed by atoms with Gasteiger partial charge >= 0.3 is 23.9 Å². The minimum Gasteiger partial charge on any atom is -0.479 e. The third kappa shape index (κ3) is 47.6. The summed E-state index contributed by atoms with van der Waals surface area (Å²) in [5, 5.41) is 31.6. The van der Waals surface area contributed by atoms with Crippen molar-refractivity contribution < 1.29 is 58.2 Å². The first-order valence-electron chi connectivity index (χ1n) is 33.2. The van der Waals surface area contributed by atoms with Gasteiger partial charge in [-0.3, -0.25) is 14.4 Å². The first kappa shape index (κ1) is 76.7. The smallest absolute Gasteiger partial charge is 0.335 e. The molecule has 0 aromatic rings. The van der Waals surface area contributed by atoms with E-state index in [2.05, 4.69) is 118 Å². The fourth-order valence-electron chi connectivity index (χ4n) is 9.60. The van der Waals surface area contributed by atoms with Crippen LogP contribution in [0.2, 0.25) is 0 Å². The molecule has 0 saturated carbocycles. The Morgan fingerprint density at radius 2 is 0.759 bits per heavy atom. The highest BCUT2D eigenvalue weighted by Crippen LogP contribution is 2.27. The molecule has 1 aliphatic heterocycles. The molecule has 0 bridgehead atoms. The maximum absolute atomic E-state index is 13.2. The van der Waals surface area contributed by atoms with E-state index in [0.717, 1.165) is 148 Å². The van der Waals surface area contributed by atoms with Gasteiger partial charge in [-0.05, 0) is 116 Å². The lowest BCUT2D eigenvalue weighted by Gasteiger charge is -2.40. The van der Waals surface area contributed by atoms with Gasteiger partial charge in [0.1, 0.15) is 18.8 Å². The number of allylic oxidation sites excluding steroid dienone is 16. The van der Waals surface area contributed by atoms with Crippen molar-refractivity contribution in [1.82, 2.24) is 0 Å². The average molecular weight is 1160 g/mol. The lowest BCUT2D eigenvalue weighted by Crippen LogP contribution is -2.61. The summed E-state index contributed by atoms with van der Waals surface area (Å²) in [6.07, 6.45) is 65.0. The van der Waals surface area contributed by atoms with Crippen molar-refractivity contribution in [3.05, 3.63) is 97.2 Å². The fraction of sp³-hybridized carbons (Fsp3) is 0.718. The molecular formula is C71H118O12. The molecular weight excluding hydrogens is 1040 g/mol. The van der Waals surface area contributed by atoms with E-state index >= 15 is 0 Å². The monoisotopic (exact) mass is 1160 g/mol. The Bertz CT molecular complexity index is 1810. The predicted molar refractivity (Wildman–Crippen MR) is 340 cm³/mol. The second-order valence-corrected chi connectivity index (χ2v) is 22.3. The SMILES string of the molecule is CC/C=C\C/C=C\C/C=C\C/C=C\CCCCCCC(=O)OCC(COC1OC(C(=O)O)C(O)C(O)C1OC(=O)CCCCCCCCCCC/C=C\CCCCCCCC)OC(=O)CCCCCCCCC/C=C\C/C=C\C/C=C\CC. The Hall–Kier alpha value is -4.36. The minimum absolute atomic E-state index is 0.0516. The predicted octanol–water partition coefficient (Wildman–Crippen LogP) is 18.0. The molecule has 83 heavy (non-hydrogen) atoms. The zero-order chi connectivity index (χ0) is 60.3. The zero-order valence-electron chi connectivity index (χ0n) is 52.4. The second-order valence-electron chi connectivity index (χ2n) is 22.3. The van der Waals surface area contributed by atoms with Crippen molar-refractivity contribution in [3.8, 4) is 0 Å². The Labute approximate surface area is 504 Å². The summed E-state index contributed by atoms with van der Waals surface area (Å²) < 4.78 is 28.5. The zero-order valence-corrected chi connectivity index (χ0v) is 52.4. The molecule has 1 saturated heterocycles. The average Bonchev–Trinajstić information content (AvgIpc) is 3.58. The molecule has 0 radical (unpaired) electrons. The summed E-state index contributed by atoms with van der Waals surface area (Å²) in [5.74, 6) is -3.16. The lowest BCUT2D eigenvalue weighted by atomic mass is 9.98. The van der Waals surface area contributed by atoms with Gasteiger partial charge in [-0.2, -0.15) is 0 Å². The number of aliphatic hydroxyl groups excluding tert-OH is 2. The number of carbonyl (C=O) groups excluding carboxylic acids is 3. The van der Waals surface area contributed by atoms with E-state index in [0.29, 0.717) is 19.3 Å². The van der Waals surface area contributed by atoms with E-state index in [4.69, 9.17) is 23.7 Å². The van der Waals surface area contributed by atoms with Crippen molar-refractivity contribution in [3.63, 3.8) is 0 Å². The maximum Gasteiger partial charge on any atom is 0.335 e. The van der Waals surface area contributed by atoms with E-state index in [-0.39, 0.29) is 25.9 Å². The maximum atomic E-state index is 13.2. The van der Waals surface area contributed by atoms with E-state index in [9.17, 15) is 34.5 Å². The van der Waals surface area contributed by atoms with E-state index in [1.165, 1.54) is 70.6 Å². The van der Waals surface area contributed by atoms with Crippen LogP contribution >= 0.6 is 0 Å². The van der Waals surface area contributed by atoms with Crippen LogP contribution < -0.4 is 0 Å². The molecule has 1 aliphatic rings. The van der Waals surface area contributed by atoms with Crippen LogP contribution in [0.4, 0.5) is 0 Å². The molecule has 0 aliphatic carbocycles. The van der Waals surface area contributed by atoms with Gasteiger partial charge in [0.05, 0.1) is 6.61 Å². The first-order chi connectivity index (χ1) is 40.6. The Balaban J connectivity index is 2.67. The number of carboxylic acids is 1. The van der Waals surface area contributed by atoms with Crippen LogP contribution in [0.3, 0.4) is 0 Å². The van der Waals surface area contributed by atoms with Crippen LogP contribution in [0.25, 0.3) is 0 Å². The topological polar surface area (TPSA) is 175 Å². The van der Waals surface area contributed by atoms with Crippen LogP contribution in [-0.2, 0) is 42.9 Å². The molecule has 6 atom stereocenters. The number of carbonyl (C=O) groups is 4. The minimum atomic E-state index is -1.91. The third-order valence-corrected chi connectivity index (χ3v) is 14.6. The summed E-state index contributed by atoms with van der Waals surface area (Å²) in [5.41, 5.74) is 0. The standard InChI is InChI=1S/C71H118O12/c1-4-7-10-13-16-19-22-25-28-31-32-35-38-41-44-47-50-53-56-59-65(74)82-69-67(76)66(75)68(70(77)78)83-71(69)80-61-62(81-64(73)58-55-52-49-46-43-40-37-34-30-27-24-21-18-15-12-9-6-3)60-79-63(72)57-54-51-48-45-42-39-36-33-29-26-23-20-17-14-11-8-5-2/h8-9,11-12,17-18,20-21,25-30,36,39,62,66-69,71,75-76H,4-7,10,13-16,19,22-24,31-35,37-38,40-61H2,1-3H3,(H,77,78)/b11-8-,12-9-,20-17-,21-18-,28-25-,29-26-,30-27-,39-36-. The molecule has 474 valence electrons. The van der Waals surface area contributed by atoms with Crippen LogP contribution in [0, 0.1) is 0 Å². The summed E-state index contributed by atoms with van der Waals surface area (Å²) in [4.78, 5) is 51.4. The number of ether oxygens (including phenoxy) is 5. The molecule has 0 aromatic carbocycles. The van der Waals surface area contributed by atoms with Crippen molar-refractivity contribution in [2.45, 2.75) is 314 Å². The quantitative estimate of drug-likeness (QED) is 0.0228. The molecule has 12 nitrogen and oxygen atoms in total. The van der Waals surface area contributed by atoms with Gasteiger partial charge in [0.2, 0.25) is 0 Å². The molecule has 1 heterocycles. The van der Waals surface area contributed by atoms with E-state index < -0.39 is 67.3 Å². The van der Waals surface area contributed by atoms with Crippen molar-refractivity contribution >= 4 is 23.9 Å². The molecule has 0 spiro atoms. The van der Waals surface area contributed by atoms with Crippen LogP contribution in [-0.4, -0.2) is 89.2 Å². The summed E-state index contributed by atoms with van der Waals surface area (Å²) in [6.45, 7) is 5.77. The second kappa shape index (κ2) is 58.0. The van der Waals surface area contributed by atoms with E-state index in [1.54, 1.807) is 0 Å². The number of carboxylic acid groups (broad SMARTS) is 1.